The highest BCUT2D eigenvalue weighted by atomic mass is 16.4. The molecule has 1 rings (SSSR count). The molecule has 11 heteroatoms. The van der Waals surface area contributed by atoms with Crippen molar-refractivity contribution in [1.29, 1.82) is 0 Å². The molecule has 4 atom stereocenters. The molecule has 1 saturated heterocycles. The fourth-order valence-electron chi connectivity index (χ4n) is 2.60. The van der Waals surface area contributed by atoms with Crippen LogP contribution in [0.25, 0.3) is 0 Å². The minimum atomic E-state index is -1.30. The van der Waals surface area contributed by atoms with Crippen molar-refractivity contribution in [3.63, 3.8) is 0 Å². The van der Waals surface area contributed by atoms with E-state index in [0.717, 1.165) is 0 Å². The summed E-state index contributed by atoms with van der Waals surface area (Å²) in [7, 11) is 0. The molecule has 4 unspecified atom stereocenters. The Hall–Kier alpha value is -2.69. The van der Waals surface area contributed by atoms with Gasteiger partial charge in [-0.05, 0) is 26.7 Å². The highest BCUT2D eigenvalue weighted by molar-refractivity contribution is 5.94. The molecule has 146 valence electrons. The first kappa shape index (κ1) is 21.4. The highest BCUT2D eigenvalue weighted by Crippen LogP contribution is 2.18. The van der Waals surface area contributed by atoms with Crippen LogP contribution in [0.5, 0.6) is 0 Å². The molecule has 0 aromatic heterocycles. The molecular weight excluding hydrogens is 348 g/mol. The lowest BCUT2D eigenvalue weighted by atomic mass is 10.1. The van der Waals surface area contributed by atoms with Gasteiger partial charge in [-0.2, -0.15) is 0 Å². The van der Waals surface area contributed by atoms with Crippen LogP contribution in [0.15, 0.2) is 0 Å². The fourth-order valence-corrected chi connectivity index (χ4v) is 2.60. The van der Waals surface area contributed by atoms with E-state index in [9.17, 15) is 24.0 Å². The molecule has 0 bridgehead atoms. The van der Waals surface area contributed by atoms with Crippen LogP contribution in [0.1, 0.15) is 33.1 Å². The molecule has 0 aromatic rings. The van der Waals surface area contributed by atoms with Crippen LogP contribution in [0.4, 0.5) is 0 Å². The fraction of sp³-hybridized carbons (Fsp3) is 0.667. The normalized spacial score (nSPS) is 20.0. The van der Waals surface area contributed by atoms with Gasteiger partial charge in [0.1, 0.15) is 18.1 Å². The van der Waals surface area contributed by atoms with Crippen LogP contribution >= 0.6 is 0 Å². The summed E-state index contributed by atoms with van der Waals surface area (Å²) >= 11 is 0. The number of hydrogen-bond donors (Lipinski definition) is 5. The van der Waals surface area contributed by atoms with Gasteiger partial charge in [0.2, 0.25) is 17.7 Å². The Labute approximate surface area is 149 Å². The van der Waals surface area contributed by atoms with Crippen LogP contribution in [-0.4, -0.2) is 75.5 Å². The summed E-state index contributed by atoms with van der Waals surface area (Å²) < 4.78 is 0. The van der Waals surface area contributed by atoms with Gasteiger partial charge in [0, 0.05) is 6.54 Å². The van der Waals surface area contributed by atoms with Gasteiger partial charge >= 0.3 is 11.9 Å². The molecule has 0 radical (unpaired) electrons. The first-order valence-electron chi connectivity index (χ1n) is 8.16. The number of nitrogens with one attached hydrogen (secondary N) is 2. The van der Waals surface area contributed by atoms with Crippen LogP contribution in [-0.2, 0) is 24.0 Å². The number of carbonyl (C=O) groups is 5. The number of nitrogens with zero attached hydrogens (tertiary/aromatic N) is 1. The molecule has 1 aliphatic heterocycles. The number of hydrogen-bond acceptors (Lipinski definition) is 6. The van der Waals surface area contributed by atoms with Gasteiger partial charge in [0.05, 0.1) is 12.5 Å². The first-order valence-corrected chi connectivity index (χ1v) is 8.16. The second kappa shape index (κ2) is 9.13. The Morgan fingerprint density at radius 1 is 1.08 bits per heavy atom. The minimum Gasteiger partial charge on any atom is -0.481 e. The van der Waals surface area contributed by atoms with E-state index < -0.39 is 60.2 Å². The average Bonchev–Trinajstić information content (AvgIpc) is 3.02. The molecule has 11 nitrogen and oxygen atoms in total. The van der Waals surface area contributed by atoms with Gasteiger partial charge in [0.25, 0.3) is 0 Å². The average molecular weight is 372 g/mol. The summed E-state index contributed by atoms with van der Waals surface area (Å²) in [6, 6.07) is -4.24. The quantitative estimate of drug-likeness (QED) is 0.320. The van der Waals surface area contributed by atoms with Gasteiger partial charge in [-0.3, -0.25) is 19.2 Å². The lowest BCUT2D eigenvalue weighted by Gasteiger charge is -2.26. The van der Waals surface area contributed by atoms with E-state index in [2.05, 4.69) is 10.6 Å². The summed E-state index contributed by atoms with van der Waals surface area (Å²) in [5, 5.41) is 22.4. The number of likely N-dealkylation sites (tertiary alicyclic amines) is 1. The number of carboxylic acid groups (broad SMARTS) is 2. The van der Waals surface area contributed by atoms with Crippen molar-refractivity contribution in [2.75, 3.05) is 6.54 Å². The molecule has 0 spiro atoms. The number of nitrogens with two attached hydrogens (primary N) is 1. The third kappa shape index (κ3) is 5.69. The van der Waals surface area contributed by atoms with Crippen molar-refractivity contribution in [2.24, 2.45) is 5.73 Å². The third-order valence-electron chi connectivity index (χ3n) is 4.03. The minimum absolute atomic E-state index is 0.298. The monoisotopic (exact) mass is 372 g/mol. The molecule has 1 fully saturated rings. The summed E-state index contributed by atoms with van der Waals surface area (Å²) in [5.74, 6) is -4.35. The van der Waals surface area contributed by atoms with Crippen molar-refractivity contribution in [3.05, 3.63) is 0 Å². The van der Waals surface area contributed by atoms with Crippen LogP contribution in [0.2, 0.25) is 0 Å². The lowest BCUT2D eigenvalue weighted by molar-refractivity contribution is -0.149. The Morgan fingerprint density at radius 2 is 1.65 bits per heavy atom. The van der Waals surface area contributed by atoms with Gasteiger partial charge in [0.15, 0.2) is 0 Å². The molecule has 6 N–H and O–H groups in total. The number of aliphatic carboxylic acids is 2. The lowest BCUT2D eigenvalue weighted by Crippen LogP contribution is -2.55. The van der Waals surface area contributed by atoms with Crippen molar-refractivity contribution in [3.8, 4) is 0 Å². The molecule has 0 saturated carbocycles. The van der Waals surface area contributed by atoms with Gasteiger partial charge in [-0.25, -0.2) is 4.79 Å². The van der Waals surface area contributed by atoms with E-state index in [-0.39, 0.29) is 0 Å². The first-order chi connectivity index (χ1) is 12.0. The van der Waals surface area contributed by atoms with Crippen LogP contribution in [0.3, 0.4) is 0 Å². The van der Waals surface area contributed by atoms with Crippen molar-refractivity contribution in [2.45, 2.75) is 57.3 Å². The van der Waals surface area contributed by atoms with Crippen molar-refractivity contribution >= 4 is 29.7 Å². The summed E-state index contributed by atoms with van der Waals surface area (Å²) in [5.41, 5.74) is 5.40. The van der Waals surface area contributed by atoms with E-state index in [4.69, 9.17) is 15.9 Å². The van der Waals surface area contributed by atoms with E-state index in [1.165, 1.54) is 18.7 Å². The van der Waals surface area contributed by atoms with E-state index in [0.29, 0.717) is 19.4 Å². The molecule has 26 heavy (non-hydrogen) atoms. The zero-order valence-electron chi connectivity index (χ0n) is 14.6. The standard InChI is InChI=1S/C15H24N4O7/c1-7(17-13(23)9(16)6-11(20)21)12(22)18-8(2)14(24)19-5-3-4-10(19)15(25)26/h7-10H,3-6,16H2,1-2H3,(H,17,23)(H,18,22)(H,20,21)(H,25,26). The van der Waals surface area contributed by atoms with Gasteiger partial charge in [-0.1, -0.05) is 0 Å². The Kier molecular flexibility index (Phi) is 7.50. The molecule has 0 aromatic carbocycles. The van der Waals surface area contributed by atoms with Crippen molar-refractivity contribution < 1.29 is 34.2 Å². The third-order valence-corrected chi connectivity index (χ3v) is 4.03. The van der Waals surface area contributed by atoms with E-state index in [1.54, 1.807) is 0 Å². The predicted octanol–water partition coefficient (Wildman–Crippen LogP) is -2.13. The zero-order valence-corrected chi connectivity index (χ0v) is 14.6. The second-order valence-corrected chi connectivity index (χ2v) is 6.19. The molecule has 1 aliphatic rings. The number of rotatable bonds is 8. The SMILES string of the molecule is CC(NC(=O)C(N)CC(=O)O)C(=O)NC(C)C(=O)N1CCCC1C(=O)O. The topological polar surface area (TPSA) is 179 Å². The molecule has 3 amide bonds. The van der Waals surface area contributed by atoms with E-state index in [1.807, 2.05) is 0 Å². The summed E-state index contributed by atoms with van der Waals surface area (Å²) in [6.07, 6.45) is 0.341. The maximum absolute atomic E-state index is 12.3. The highest BCUT2D eigenvalue weighted by Gasteiger charge is 2.36. The molecule has 0 aliphatic carbocycles. The Morgan fingerprint density at radius 3 is 2.19 bits per heavy atom. The summed E-state index contributed by atoms with van der Waals surface area (Å²) in [4.78, 5) is 59.1. The zero-order chi connectivity index (χ0) is 20.0. The van der Waals surface area contributed by atoms with Crippen LogP contribution < -0.4 is 16.4 Å². The number of carboxylic acids is 2. The number of amides is 3. The summed E-state index contributed by atoms with van der Waals surface area (Å²) in [6.45, 7) is 3.07. The smallest absolute Gasteiger partial charge is 0.326 e. The predicted molar refractivity (Wildman–Crippen MR) is 87.8 cm³/mol. The van der Waals surface area contributed by atoms with Gasteiger partial charge in [-0.15, -0.1) is 0 Å². The van der Waals surface area contributed by atoms with Gasteiger partial charge < -0.3 is 31.5 Å². The maximum Gasteiger partial charge on any atom is 0.326 e. The second-order valence-electron chi connectivity index (χ2n) is 6.19. The molecule has 1 heterocycles. The Bertz CT molecular complexity index is 595. The van der Waals surface area contributed by atoms with E-state index >= 15 is 0 Å². The maximum atomic E-state index is 12.3. The largest absolute Gasteiger partial charge is 0.481 e. The van der Waals surface area contributed by atoms with Crippen LogP contribution in [0, 0.1) is 0 Å². The Balaban J connectivity index is 2.57. The van der Waals surface area contributed by atoms with Crippen molar-refractivity contribution in [1.82, 2.24) is 15.5 Å². The number of carbonyl (C=O) groups excluding carboxylic acids is 3. The molecular formula is C15H24N4O7.